The molecule has 1 saturated heterocycles. The van der Waals surface area contributed by atoms with Gasteiger partial charge in [0, 0.05) is 19.7 Å². The van der Waals surface area contributed by atoms with Gasteiger partial charge in [0.1, 0.15) is 6.61 Å². The molecule has 0 saturated carbocycles. The number of methoxy groups -OCH3 is 1. The minimum atomic E-state index is -0.102. The number of ether oxygens (including phenoxy) is 2. The second-order valence-electron chi connectivity index (χ2n) is 5.07. The minimum Gasteiger partial charge on any atom is -0.461 e. The average Bonchev–Trinajstić information content (AvgIpc) is 2.79. The van der Waals surface area contributed by atoms with Crippen LogP contribution in [-0.2, 0) is 20.9 Å². The van der Waals surface area contributed by atoms with Crippen LogP contribution in [0.4, 0.5) is 0 Å². The number of likely N-dealkylation sites (N-methyl/N-ethyl adjacent to an activating group) is 1. The maximum Gasteiger partial charge on any atom is 0.310 e. The van der Waals surface area contributed by atoms with Crippen molar-refractivity contribution in [1.29, 1.82) is 0 Å². The van der Waals surface area contributed by atoms with Crippen molar-refractivity contribution in [3.05, 3.63) is 35.9 Å². The largest absolute Gasteiger partial charge is 0.461 e. The normalized spacial score (nSPS) is 23.5. The molecule has 19 heavy (non-hydrogen) atoms. The van der Waals surface area contributed by atoms with E-state index >= 15 is 0 Å². The molecule has 0 aliphatic carbocycles. The fourth-order valence-corrected chi connectivity index (χ4v) is 2.48. The second kappa shape index (κ2) is 6.68. The summed E-state index contributed by atoms with van der Waals surface area (Å²) in [6, 6.07) is 10.1. The van der Waals surface area contributed by atoms with Crippen LogP contribution in [0.25, 0.3) is 0 Å². The zero-order chi connectivity index (χ0) is 13.7. The first-order chi connectivity index (χ1) is 9.20. The van der Waals surface area contributed by atoms with Crippen molar-refractivity contribution >= 4 is 5.97 Å². The van der Waals surface area contributed by atoms with Gasteiger partial charge in [0.2, 0.25) is 0 Å². The molecule has 0 amide bonds. The lowest BCUT2D eigenvalue weighted by atomic mass is 10.1. The molecule has 0 N–H and O–H groups in total. The van der Waals surface area contributed by atoms with Gasteiger partial charge in [-0.2, -0.15) is 0 Å². The van der Waals surface area contributed by atoms with Gasteiger partial charge >= 0.3 is 5.97 Å². The number of carbonyl (C=O) groups is 1. The van der Waals surface area contributed by atoms with E-state index in [9.17, 15) is 4.79 Å². The van der Waals surface area contributed by atoms with Gasteiger partial charge in [0.05, 0.1) is 12.5 Å². The fraction of sp³-hybridized carbons (Fsp3) is 0.533. The Morgan fingerprint density at radius 1 is 1.37 bits per heavy atom. The fourth-order valence-electron chi connectivity index (χ4n) is 2.48. The van der Waals surface area contributed by atoms with Crippen LogP contribution >= 0.6 is 0 Å². The summed E-state index contributed by atoms with van der Waals surface area (Å²) in [7, 11) is 3.71. The molecule has 1 aliphatic rings. The topological polar surface area (TPSA) is 38.8 Å². The number of benzene rings is 1. The summed E-state index contributed by atoms with van der Waals surface area (Å²) in [5, 5.41) is 0. The molecule has 104 valence electrons. The zero-order valence-corrected chi connectivity index (χ0v) is 11.5. The first kappa shape index (κ1) is 14.0. The molecule has 2 rings (SSSR count). The number of nitrogens with zero attached hydrogens (tertiary/aromatic N) is 1. The van der Waals surface area contributed by atoms with Gasteiger partial charge in [-0.25, -0.2) is 0 Å². The lowest BCUT2D eigenvalue weighted by Crippen LogP contribution is -2.29. The summed E-state index contributed by atoms with van der Waals surface area (Å²) >= 11 is 0. The molecular weight excluding hydrogens is 242 g/mol. The van der Waals surface area contributed by atoms with Gasteiger partial charge in [-0.15, -0.1) is 0 Å². The van der Waals surface area contributed by atoms with Crippen LogP contribution in [0.2, 0.25) is 0 Å². The number of hydrogen-bond donors (Lipinski definition) is 0. The molecule has 1 unspecified atom stereocenters. The van der Waals surface area contributed by atoms with E-state index < -0.39 is 0 Å². The van der Waals surface area contributed by atoms with Crippen LogP contribution in [0.1, 0.15) is 12.0 Å². The maximum atomic E-state index is 12.0. The van der Waals surface area contributed by atoms with E-state index in [4.69, 9.17) is 9.47 Å². The lowest BCUT2D eigenvalue weighted by Gasteiger charge is -2.17. The van der Waals surface area contributed by atoms with Crippen LogP contribution in [-0.4, -0.2) is 44.2 Å². The second-order valence-corrected chi connectivity index (χ2v) is 5.07. The van der Waals surface area contributed by atoms with E-state index in [0.29, 0.717) is 19.3 Å². The third-order valence-corrected chi connectivity index (χ3v) is 3.60. The summed E-state index contributed by atoms with van der Waals surface area (Å²) in [6.45, 7) is 1.77. The highest BCUT2D eigenvalue weighted by Gasteiger charge is 2.34. The summed E-state index contributed by atoms with van der Waals surface area (Å²) < 4.78 is 10.5. The van der Waals surface area contributed by atoms with Crippen molar-refractivity contribution in [1.82, 2.24) is 4.90 Å². The number of likely N-dealkylation sites (tertiary alicyclic amines) is 1. The van der Waals surface area contributed by atoms with Crippen molar-refractivity contribution < 1.29 is 14.3 Å². The van der Waals surface area contributed by atoms with Crippen molar-refractivity contribution in [2.45, 2.75) is 19.1 Å². The van der Waals surface area contributed by atoms with Crippen molar-refractivity contribution in [2.24, 2.45) is 5.92 Å². The van der Waals surface area contributed by atoms with Gasteiger partial charge in [0.15, 0.2) is 0 Å². The molecule has 1 aliphatic heterocycles. The Labute approximate surface area is 114 Å². The predicted octanol–water partition coefficient (Wildman–Crippen LogP) is 1.70. The molecule has 1 fully saturated rings. The van der Waals surface area contributed by atoms with Crippen LogP contribution in [0.5, 0.6) is 0 Å². The molecule has 2 atom stereocenters. The Morgan fingerprint density at radius 3 is 2.79 bits per heavy atom. The Bertz CT molecular complexity index is 407. The summed E-state index contributed by atoms with van der Waals surface area (Å²) in [6.07, 6.45) is 0.817. The van der Waals surface area contributed by atoms with Gasteiger partial charge in [-0.3, -0.25) is 4.79 Å². The molecule has 1 aromatic carbocycles. The van der Waals surface area contributed by atoms with E-state index in [2.05, 4.69) is 4.90 Å². The smallest absolute Gasteiger partial charge is 0.310 e. The molecule has 4 nitrogen and oxygen atoms in total. The zero-order valence-electron chi connectivity index (χ0n) is 11.5. The van der Waals surface area contributed by atoms with Crippen molar-refractivity contribution in [2.75, 3.05) is 27.3 Å². The first-order valence-electron chi connectivity index (χ1n) is 6.60. The molecule has 1 aromatic rings. The quantitative estimate of drug-likeness (QED) is 0.758. The number of rotatable bonds is 5. The van der Waals surface area contributed by atoms with E-state index in [0.717, 1.165) is 18.5 Å². The Balaban J connectivity index is 1.81. The molecule has 0 radical (unpaired) electrons. The van der Waals surface area contributed by atoms with Crippen molar-refractivity contribution in [3.63, 3.8) is 0 Å². The van der Waals surface area contributed by atoms with Crippen LogP contribution in [0.15, 0.2) is 30.3 Å². The number of esters is 1. The number of hydrogen-bond acceptors (Lipinski definition) is 4. The third kappa shape index (κ3) is 3.78. The van der Waals surface area contributed by atoms with Gasteiger partial charge < -0.3 is 14.4 Å². The van der Waals surface area contributed by atoms with Crippen LogP contribution < -0.4 is 0 Å². The Morgan fingerprint density at radius 2 is 2.11 bits per heavy atom. The van der Waals surface area contributed by atoms with E-state index in [1.165, 1.54) is 0 Å². The average molecular weight is 263 g/mol. The predicted molar refractivity (Wildman–Crippen MR) is 72.6 cm³/mol. The van der Waals surface area contributed by atoms with Gasteiger partial charge in [-0.05, 0) is 19.0 Å². The monoisotopic (exact) mass is 263 g/mol. The molecule has 4 heteroatoms. The Kier molecular flexibility index (Phi) is 4.93. The molecular formula is C15H21NO3. The summed E-state index contributed by atoms with van der Waals surface area (Å²) in [5.74, 6) is -0.136. The van der Waals surface area contributed by atoms with Gasteiger partial charge in [-0.1, -0.05) is 30.3 Å². The van der Waals surface area contributed by atoms with Crippen molar-refractivity contribution in [3.8, 4) is 0 Å². The van der Waals surface area contributed by atoms with E-state index in [-0.39, 0.29) is 11.9 Å². The highest BCUT2D eigenvalue weighted by molar-refractivity contribution is 5.73. The number of carbonyl (C=O) groups excluding carboxylic acids is 1. The molecule has 1 heterocycles. The highest BCUT2D eigenvalue weighted by atomic mass is 16.5. The van der Waals surface area contributed by atoms with Crippen LogP contribution in [0, 0.1) is 5.92 Å². The first-order valence-corrected chi connectivity index (χ1v) is 6.60. The SMILES string of the molecule is COC[C@@H]1CC(C(=O)OCc2ccccc2)CN1C. The highest BCUT2D eigenvalue weighted by Crippen LogP contribution is 2.23. The maximum absolute atomic E-state index is 12.0. The molecule has 0 aromatic heterocycles. The van der Waals surface area contributed by atoms with Gasteiger partial charge in [0.25, 0.3) is 0 Å². The van der Waals surface area contributed by atoms with E-state index in [1.54, 1.807) is 7.11 Å². The van der Waals surface area contributed by atoms with Crippen LogP contribution in [0.3, 0.4) is 0 Å². The molecule has 0 bridgehead atoms. The summed E-state index contributed by atoms with van der Waals surface area (Å²) in [5.41, 5.74) is 1.02. The lowest BCUT2D eigenvalue weighted by molar-refractivity contribution is -0.149. The standard InChI is InChI=1S/C15H21NO3/c1-16-9-13(8-14(16)11-18-2)15(17)19-10-12-6-4-3-5-7-12/h3-7,13-14H,8-11H2,1-2H3/t13?,14-/m0/s1. The molecule has 0 spiro atoms. The third-order valence-electron chi connectivity index (χ3n) is 3.60. The Hall–Kier alpha value is -1.39. The summed E-state index contributed by atoms with van der Waals surface area (Å²) in [4.78, 5) is 14.2. The van der Waals surface area contributed by atoms with E-state index in [1.807, 2.05) is 37.4 Å². The minimum absolute atomic E-state index is 0.0335.